The maximum absolute atomic E-state index is 13.5. The molecule has 0 bridgehead atoms. The third-order valence-corrected chi connectivity index (χ3v) is 3.04. The molecule has 88 valence electrons. The van der Waals surface area contributed by atoms with Crippen LogP contribution in [-0.4, -0.2) is 27.7 Å². The number of nitrogens with one attached hydrogen (secondary N) is 1. The van der Waals surface area contributed by atoms with Gasteiger partial charge in [0, 0.05) is 6.54 Å². The zero-order chi connectivity index (χ0) is 11.5. The first-order valence-corrected chi connectivity index (χ1v) is 5.56. The number of aryl methyl sites for hydroxylation is 1. The van der Waals surface area contributed by atoms with Gasteiger partial charge in [0.15, 0.2) is 11.6 Å². The molecular formula is C11H16FN3O. The predicted molar refractivity (Wildman–Crippen MR) is 58.6 cm³/mol. The highest BCUT2D eigenvalue weighted by atomic mass is 19.1. The second-order valence-corrected chi connectivity index (χ2v) is 4.34. The number of rotatable bonds is 3. The zero-order valence-electron chi connectivity index (χ0n) is 9.28. The minimum atomic E-state index is -0.388. The highest BCUT2D eigenvalue weighted by Gasteiger charge is 2.22. The van der Waals surface area contributed by atoms with Crippen LogP contribution in [0, 0.1) is 18.7 Å². The van der Waals surface area contributed by atoms with Crippen LogP contribution >= 0.6 is 0 Å². The summed E-state index contributed by atoms with van der Waals surface area (Å²) in [5, 5.41) is 12.3. The van der Waals surface area contributed by atoms with Gasteiger partial charge in [-0.05, 0) is 32.1 Å². The molecule has 2 unspecified atom stereocenters. The monoisotopic (exact) mass is 225 g/mol. The molecule has 1 fully saturated rings. The van der Waals surface area contributed by atoms with Crippen molar-refractivity contribution in [2.75, 3.05) is 11.9 Å². The first-order chi connectivity index (χ1) is 7.66. The summed E-state index contributed by atoms with van der Waals surface area (Å²) in [6.07, 6.45) is 3.78. The van der Waals surface area contributed by atoms with Crippen LogP contribution in [-0.2, 0) is 0 Å². The van der Waals surface area contributed by atoms with E-state index in [4.69, 9.17) is 0 Å². The maximum atomic E-state index is 13.5. The third-order valence-electron chi connectivity index (χ3n) is 3.04. The molecule has 5 heteroatoms. The van der Waals surface area contributed by atoms with Gasteiger partial charge in [0.1, 0.15) is 6.33 Å². The fourth-order valence-corrected chi connectivity index (χ4v) is 2.06. The van der Waals surface area contributed by atoms with Gasteiger partial charge in [-0.3, -0.25) is 0 Å². The van der Waals surface area contributed by atoms with Crippen LogP contribution in [0.25, 0.3) is 0 Å². The Bertz CT molecular complexity index is 372. The highest BCUT2D eigenvalue weighted by molar-refractivity contribution is 5.36. The smallest absolute Gasteiger partial charge is 0.186 e. The summed E-state index contributed by atoms with van der Waals surface area (Å²) in [5.41, 5.74) is 0.351. The van der Waals surface area contributed by atoms with Crippen molar-refractivity contribution >= 4 is 5.82 Å². The molecule has 0 radical (unpaired) electrons. The zero-order valence-corrected chi connectivity index (χ0v) is 9.28. The van der Waals surface area contributed by atoms with E-state index in [0.29, 0.717) is 18.2 Å². The van der Waals surface area contributed by atoms with Gasteiger partial charge in [0.05, 0.1) is 11.8 Å². The van der Waals surface area contributed by atoms with E-state index in [1.165, 1.54) is 6.33 Å². The van der Waals surface area contributed by atoms with E-state index in [0.717, 1.165) is 19.3 Å². The Labute approximate surface area is 93.9 Å². The highest BCUT2D eigenvalue weighted by Crippen LogP contribution is 2.25. The van der Waals surface area contributed by atoms with Gasteiger partial charge in [0.25, 0.3) is 0 Å². The van der Waals surface area contributed by atoms with E-state index in [1.807, 2.05) is 0 Å². The lowest BCUT2D eigenvalue weighted by molar-refractivity contribution is 0.178. The number of anilines is 1. The van der Waals surface area contributed by atoms with Gasteiger partial charge >= 0.3 is 0 Å². The van der Waals surface area contributed by atoms with Gasteiger partial charge in [-0.25, -0.2) is 14.4 Å². The quantitative estimate of drug-likeness (QED) is 0.818. The van der Waals surface area contributed by atoms with Crippen LogP contribution in [0.1, 0.15) is 25.0 Å². The normalized spacial score (nSPS) is 24.7. The van der Waals surface area contributed by atoms with Crippen molar-refractivity contribution in [3.05, 3.63) is 17.8 Å². The molecule has 1 saturated carbocycles. The molecule has 0 aromatic carbocycles. The van der Waals surface area contributed by atoms with Gasteiger partial charge in [-0.1, -0.05) is 0 Å². The summed E-state index contributed by atoms with van der Waals surface area (Å²) in [4.78, 5) is 7.62. The van der Waals surface area contributed by atoms with Crippen LogP contribution in [0.5, 0.6) is 0 Å². The van der Waals surface area contributed by atoms with Crippen LogP contribution in [0.15, 0.2) is 6.33 Å². The van der Waals surface area contributed by atoms with E-state index in [1.54, 1.807) is 6.92 Å². The SMILES string of the molecule is Cc1ncnc(NCC2CCC(O)C2)c1F. The first-order valence-electron chi connectivity index (χ1n) is 5.56. The fraction of sp³-hybridized carbons (Fsp3) is 0.636. The Morgan fingerprint density at radius 2 is 2.31 bits per heavy atom. The molecule has 0 saturated heterocycles. The molecule has 1 aromatic heterocycles. The van der Waals surface area contributed by atoms with E-state index in [9.17, 15) is 9.50 Å². The second kappa shape index (κ2) is 4.74. The fourth-order valence-electron chi connectivity index (χ4n) is 2.06. The van der Waals surface area contributed by atoms with Gasteiger partial charge in [0.2, 0.25) is 0 Å². The van der Waals surface area contributed by atoms with E-state index < -0.39 is 0 Å². The minimum Gasteiger partial charge on any atom is -0.393 e. The Morgan fingerprint density at radius 1 is 1.50 bits per heavy atom. The summed E-state index contributed by atoms with van der Waals surface area (Å²) < 4.78 is 13.5. The molecule has 0 amide bonds. The molecule has 2 N–H and O–H groups in total. The second-order valence-electron chi connectivity index (χ2n) is 4.34. The summed E-state index contributed by atoms with van der Waals surface area (Å²) >= 11 is 0. The molecular weight excluding hydrogens is 209 g/mol. The molecule has 1 aliphatic rings. The lowest BCUT2D eigenvalue weighted by Crippen LogP contribution is -2.15. The van der Waals surface area contributed by atoms with Crippen molar-refractivity contribution < 1.29 is 9.50 Å². The maximum Gasteiger partial charge on any atom is 0.186 e. The summed E-state index contributed by atoms with van der Waals surface area (Å²) in [7, 11) is 0. The molecule has 1 heterocycles. The van der Waals surface area contributed by atoms with E-state index in [-0.39, 0.29) is 17.7 Å². The van der Waals surface area contributed by atoms with Crippen LogP contribution in [0.4, 0.5) is 10.2 Å². The topological polar surface area (TPSA) is 58.0 Å². The van der Waals surface area contributed by atoms with Crippen molar-refractivity contribution in [1.82, 2.24) is 9.97 Å². The van der Waals surface area contributed by atoms with Crippen LogP contribution < -0.4 is 5.32 Å². The Balaban J connectivity index is 1.92. The van der Waals surface area contributed by atoms with Crippen molar-refractivity contribution in [3.63, 3.8) is 0 Å². The number of halogens is 1. The predicted octanol–water partition coefficient (Wildman–Crippen LogP) is 1.50. The number of aliphatic hydroxyl groups is 1. The average molecular weight is 225 g/mol. The van der Waals surface area contributed by atoms with E-state index >= 15 is 0 Å². The largest absolute Gasteiger partial charge is 0.393 e. The molecule has 16 heavy (non-hydrogen) atoms. The van der Waals surface area contributed by atoms with Crippen molar-refractivity contribution in [2.24, 2.45) is 5.92 Å². The summed E-state index contributed by atoms with van der Waals surface area (Å²) in [6.45, 7) is 2.27. The van der Waals surface area contributed by atoms with Gasteiger partial charge < -0.3 is 10.4 Å². The first kappa shape index (κ1) is 11.3. The lowest BCUT2D eigenvalue weighted by Gasteiger charge is -2.12. The molecule has 1 aromatic rings. The Morgan fingerprint density at radius 3 is 3.00 bits per heavy atom. The van der Waals surface area contributed by atoms with Crippen molar-refractivity contribution in [3.8, 4) is 0 Å². The van der Waals surface area contributed by atoms with Crippen LogP contribution in [0.2, 0.25) is 0 Å². The Hall–Kier alpha value is -1.23. The average Bonchev–Trinajstić information content (AvgIpc) is 2.67. The van der Waals surface area contributed by atoms with Gasteiger partial charge in [-0.2, -0.15) is 0 Å². The molecule has 2 atom stereocenters. The minimum absolute atomic E-state index is 0.191. The third kappa shape index (κ3) is 2.47. The van der Waals surface area contributed by atoms with E-state index in [2.05, 4.69) is 15.3 Å². The standard InChI is InChI=1S/C11H16FN3O/c1-7-10(12)11(15-6-14-7)13-5-8-2-3-9(16)4-8/h6,8-9,16H,2-5H2,1H3,(H,13,14,15). The van der Waals surface area contributed by atoms with Gasteiger partial charge in [-0.15, -0.1) is 0 Å². The molecule has 1 aliphatic carbocycles. The number of aliphatic hydroxyl groups excluding tert-OH is 1. The molecule has 4 nitrogen and oxygen atoms in total. The van der Waals surface area contributed by atoms with Crippen molar-refractivity contribution in [1.29, 1.82) is 0 Å². The molecule has 2 rings (SSSR count). The summed E-state index contributed by atoms with van der Waals surface area (Å²) in [5.74, 6) is 0.277. The number of nitrogens with zero attached hydrogens (tertiary/aromatic N) is 2. The van der Waals surface area contributed by atoms with Crippen molar-refractivity contribution in [2.45, 2.75) is 32.3 Å². The molecule has 0 spiro atoms. The lowest BCUT2D eigenvalue weighted by atomic mass is 10.1. The Kier molecular flexibility index (Phi) is 3.33. The number of aromatic nitrogens is 2. The van der Waals surface area contributed by atoms with Crippen LogP contribution in [0.3, 0.4) is 0 Å². The molecule has 0 aliphatic heterocycles. The summed E-state index contributed by atoms with van der Waals surface area (Å²) in [6, 6.07) is 0. The number of hydrogen-bond acceptors (Lipinski definition) is 4. The number of hydrogen-bond donors (Lipinski definition) is 2.